The van der Waals surface area contributed by atoms with E-state index in [9.17, 15) is 0 Å². The first-order valence-electron chi connectivity index (χ1n) is 8.19. The minimum atomic E-state index is 0.280. The molecule has 0 aliphatic carbocycles. The Kier molecular flexibility index (Phi) is 3.27. The van der Waals surface area contributed by atoms with Crippen LogP contribution in [0.4, 0.5) is 0 Å². The number of H-pyrrole nitrogens is 1. The van der Waals surface area contributed by atoms with E-state index in [2.05, 4.69) is 66.6 Å². The van der Waals surface area contributed by atoms with Gasteiger partial charge in [-0.05, 0) is 48.6 Å². The van der Waals surface area contributed by atoms with Gasteiger partial charge in [0.1, 0.15) is 0 Å². The third kappa shape index (κ3) is 2.15. The quantitative estimate of drug-likeness (QED) is 0.724. The lowest BCUT2D eigenvalue weighted by atomic mass is 9.93. The fourth-order valence-electron chi connectivity index (χ4n) is 3.57. The molecule has 1 aromatic heterocycles. The molecule has 1 aliphatic rings. The van der Waals surface area contributed by atoms with E-state index >= 15 is 0 Å². The highest BCUT2D eigenvalue weighted by molar-refractivity contribution is 5.86. The molecule has 0 fully saturated rings. The zero-order valence-corrected chi connectivity index (χ0v) is 13.2. The number of aryl methyl sites for hydroxylation is 2. The van der Waals surface area contributed by atoms with Gasteiger partial charge in [-0.15, -0.1) is 0 Å². The lowest BCUT2D eigenvalue weighted by Gasteiger charge is -2.25. The topological polar surface area (TPSA) is 27.8 Å². The molecule has 4 rings (SSSR count). The summed E-state index contributed by atoms with van der Waals surface area (Å²) in [5, 5.41) is 5.07. The van der Waals surface area contributed by atoms with Crippen molar-refractivity contribution in [1.29, 1.82) is 0 Å². The molecule has 2 heterocycles. The SMILES string of the molecule is CCc1ccc(C2NCCc3c2[nH]c2ccc(C)cc32)cc1. The van der Waals surface area contributed by atoms with Crippen molar-refractivity contribution in [2.75, 3.05) is 6.54 Å². The molecule has 1 aliphatic heterocycles. The van der Waals surface area contributed by atoms with Crippen LogP contribution < -0.4 is 5.32 Å². The molecular weight excluding hydrogens is 268 g/mol. The molecule has 22 heavy (non-hydrogen) atoms. The van der Waals surface area contributed by atoms with Crippen LogP contribution in [-0.2, 0) is 12.8 Å². The summed E-state index contributed by atoms with van der Waals surface area (Å²) in [6.45, 7) is 5.40. The van der Waals surface area contributed by atoms with Crippen LogP contribution in [0.1, 0.15) is 40.9 Å². The summed E-state index contributed by atoms with van der Waals surface area (Å²) >= 11 is 0. The van der Waals surface area contributed by atoms with Gasteiger partial charge in [-0.3, -0.25) is 0 Å². The summed E-state index contributed by atoms with van der Waals surface area (Å²) in [7, 11) is 0. The number of fused-ring (bicyclic) bond motifs is 3. The molecule has 112 valence electrons. The van der Waals surface area contributed by atoms with Crippen molar-refractivity contribution in [3.05, 3.63) is 70.4 Å². The van der Waals surface area contributed by atoms with Crippen LogP contribution in [0, 0.1) is 6.92 Å². The molecule has 0 saturated heterocycles. The highest BCUT2D eigenvalue weighted by Gasteiger charge is 2.24. The molecule has 1 atom stereocenters. The van der Waals surface area contributed by atoms with Crippen LogP contribution in [0.2, 0.25) is 0 Å². The van der Waals surface area contributed by atoms with E-state index in [0.29, 0.717) is 0 Å². The fourth-order valence-corrected chi connectivity index (χ4v) is 3.57. The molecule has 0 amide bonds. The van der Waals surface area contributed by atoms with Crippen molar-refractivity contribution in [1.82, 2.24) is 10.3 Å². The zero-order valence-electron chi connectivity index (χ0n) is 13.2. The van der Waals surface area contributed by atoms with Gasteiger partial charge in [-0.2, -0.15) is 0 Å². The van der Waals surface area contributed by atoms with Crippen LogP contribution in [0.5, 0.6) is 0 Å². The van der Waals surface area contributed by atoms with E-state index in [0.717, 1.165) is 19.4 Å². The second-order valence-electron chi connectivity index (χ2n) is 6.30. The minimum absolute atomic E-state index is 0.280. The lowest BCUT2D eigenvalue weighted by Crippen LogP contribution is -2.30. The van der Waals surface area contributed by atoms with Gasteiger partial charge in [0.05, 0.1) is 6.04 Å². The Balaban J connectivity index is 1.82. The Hall–Kier alpha value is -2.06. The third-order valence-corrected chi connectivity index (χ3v) is 4.83. The van der Waals surface area contributed by atoms with Gasteiger partial charge in [0.25, 0.3) is 0 Å². The number of aromatic nitrogens is 1. The lowest BCUT2D eigenvalue weighted by molar-refractivity contribution is 0.560. The largest absolute Gasteiger partial charge is 0.357 e. The molecule has 2 aromatic carbocycles. The monoisotopic (exact) mass is 290 g/mol. The van der Waals surface area contributed by atoms with Gasteiger partial charge in [-0.1, -0.05) is 42.8 Å². The summed E-state index contributed by atoms with van der Waals surface area (Å²) in [6, 6.07) is 16.0. The number of nitrogens with one attached hydrogen (secondary N) is 2. The molecule has 3 aromatic rings. The maximum atomic E-state index is 3.67. The Morgan fingerprint density at radius 1 is 1.09 bits per heavy atom. The molecule has 2 heteroatoms. The van der Waals surface area contributed by atoms with Crippen LogP contribution in [0.15, 0.2) is 42.5 Å². The first-order valence-corrected chi connectivity index (χ1v) is 8.19. The van der Waals surface area contributed by atoms with E-state index in [1.165, 1.54) is 38.9 Å². The second-order valence-corrected chi connectivity index (χ2v) is 6.30. The summed E-state index contributed by atoms with van der Waals surface area (Å²) in [5.41, 5.74) is 8.16. The Morgan fingerprint density at radius 2 is 1.91 bits per heavy atom. The average molecular weight is 290 g/mol. The van der Waals surface area contributed by atoms with Gasteiger partial charge in [0.15, 0.2) is 0 Å². The summed E-state index contributed by atoms with van der Waals surface area (Å²) < 4.78 is 0. The van der Waals surface area contributed by atoms with Crippen molar-refractivity contribution in [3.63, 3.8) is 0 Å². The van der Waals surface area contributed by atoms with Gasteiger partial charge >= 0.3 is 0 Å². The Labute approximate surface area is 131 Å². The van der Waals surface area contributed by atoms with E-state index in [1.807, 2.05) is 0 Å². The second kappa shape index (κ2) is 5.29. The number of hydrogen-bond donors (Lipinski definition) is 2. The predicted octanol–water partition coefficient (Wildman–Crippen LogP) is 4.27. The number of hydrogen-bond acceptors (Lipinski definition) is 1. The molecule has 0 spiro atoms. The van der Waals surface area contributed by atoms with E-state index in [1.54, 1.807) is 0 Å². The van der Waals surface area contributed by atoms with E-state index in [4.69, 9.17) is 0 Å². The van der Waals surface area contributed by atoms with Crippen molar-refractivity contribution in [2.24, 2.45) is 0 Å². The molecule has 0 bridgehead atoms. The van der Waals surface area contributed by atoms with Gasteiger partial charge in [0, 0.05) is 23.1 Å². The maximum absolute atomic E-state index is 3.67. The molecule has 1 unspecified atom stereocenters. The van der Waals surface area contributed by atoms with Crippen LogP contribution >= 0.6 is 0 Å². The number of aromatic amines is 1. The smallest absolute Gasteiger partial charge is 0.0732 e. The maximum Gasteiger partial charge on any atom is 0.0732 e. The average Bonchev–Trinajstić information content (AvgIpc) is 2.93. The molecule has 2 nitrogen and oxygen atoms in total. The molecule has 2 N–H and O–H groups in total. The van der Waals surface area contributed by atoms with Crippen LogP contribution in [0.25, 0.3) is 10.9 Å². The summed E-state index contributed by atoms with van der Waals surface area (Å²) in [6.07, 6.45) is 2.19. The van der Waals surface area contributed by atoms with Crippen molar-refractivity contribution in [2.45, 2.75) is 32.7 Å². The van der Waals surface area contributed by atoms with E-state index in [-0.39, 0.29) is 6.04 Å². The standard InChI is InChI=1S/C20H22N2/c1-3-14-5-7-15(8-6-14)19-20-16(10-11-21-19)17-12-13(2)4-9-18(17)22-20/h4-9,12,19,21-22H,3,10-11H2,1-2H3. The fraction of sp³-hybridized carbons (Fsp3) is 0.300. The van der Waals surface area contributed by atoms with Crippen molar-refractivity contribution in [3.8, 4) is 0 Å². The minimum Gasteiger partial charge on any atom is -0.357 e. The highest BCUT2D eigenvalue weighted by atomic mass is 15.0. The third-order valence-electron chi connectivity index (χ3n) is 4.83. The summed E-state index contributed by atoms with van der Waals surface area (Å²) in [5.74, 6) is 0. The first-order chi connectivity index (χ1) is 10.8. The van der Waals surface area contributed by atoms with Gasteiger partial charge in [-0.25, -0.2) is 0 Å². The number of benzene rings is 2. The molecule has 0 radical (unpaired) electrons. The van der Waals surface area contributed by atoms with Gasteiger partial charge < -0.3 is 10.3 Å². The molecule has 0 saturated carbocycles. The van der Waals surface area contributed by atoms with Crippen molar-refractivity contribution >= 4 is 10.9 Å². The summed E-state index contributed by atoms with van der Waals surface area (Å²) in [4.78, 5) is 3.66. The highest BCUT2D eigenvalue weighted by Crippen LogP contribution is 2.33. The molecular formula is C20H22N2. The Morgan fingerprint density at radius 3 is 2.68 bits per heavy atom. The van der Waals surface area contributed by atoms with E-state index < -0.39 is 0 Å². The first kappa shape index (κ1) is 13.6. The van der Waals surface area contributed by atoms with Gasteiger partial charge in [0.2, 0.25) is 0 Å². The number of rotatable bonds is 2. The normalized spacial score (nSPS) is 17.6. The predicted molar refractivity (Wildman–Crippen MR) is 92.4 cm³/mol. The van der Waals surface area contributed by atoms with Crippen LogP contribution in [-0.4, -0.2) is 11.5 Å². The van der Waals surface area contributed by atoms with Crippen LogP contribution in [0.3, 0.4) is 0 Å². The van der Waals surface area contributed by atoms with Crippen molar-refractivity contribution < 1.29 is 0 Å². The Bertz CT molecular complexity index is 812. The zero-order chi connectivity index (χ0) is 15.1.